The van der Waals surface area contributed by atoms with Crippen LogP contribution in [0.25, 0.3) is 0 Å². The molecule has 1 nitrogen and oxygen atoms in total. The van der Waals surface area contributed by atoms with Crippen LogP contribution in [0.1, 0.15) is 45.0 Å². The average molecular weight is 540 g/mol. The fraction of sp³-hybridized carbons (Fsp3) is 0.286. The first kappa shape index (κ1) is 22.6. The van der Waals surface area contributed by atoms with Crippen LogP contribution >= 0.6 is 0 Å². The summed E-state index contributed by atoms with van der Waals surface area (Å²) >= 11 is 0.539. The van der Waals surface area contributed by atoms with Gasteiger partial charge in [0, 0.05) is 0 Å². The molecule has 3 aromatic rings. The van der Waals surface area contributed by atoms with Crippen molar-refractivity contribution in [3.8, 4) is 0 Å². The fourth-order valence-electron chi connectivity index (χ4n) is 4.41. The third-order valence-corrected chi connectivity index (χ3v) is 12.5. The van der Waals surface area contributed by atoms with Gasteiger partial charge in [-0.25, -0.2) is 0 Å². The molecule has 1 aliphatic rings. The van der Waals surface area contributed by atoms with Crippen LogP contribution in [0.3, 0.4) is 0 Å². The van der Waals surface area contributed by atoms with E-state index in [0.717, 1.165) is 6.61 Å². The van der Waals surface area contributed by atoms with E-state index in [4.69, 9.17) is 4.74 Å². The van der Waals surface area contributed by atoms with Crippen molar-refractivity contribution in [2.24, 2.45) is 0 Å². The van der Waals surface area contributed by atoms with Crippen LogP contribution in [0.15, 0.2) is 63.5 Å². The summed E-state index contributed by atoms with van der Waals surface area (Å²) in [5.41, 5.74) is 9.65. The SMILES string of the molecule is Cc1cc(C)c([Se]C2=C([Se]c3c(C)cc(C)cc3C)C(c3ccccc3)OC2)c(C)c1. The van der Waals surface area contributed by atoms with Crippen LogP contribution in [0.5, 0.6) is 0 Å². The van der Waals surface area contributed by atoms with Gasteiger partial charge < -0.3 is 0 Å². The van der Waals surface area contributed by atoms with Gasteiger partial charge in [-0.05, 0) is 0 Å². The van der Waals surface area contributed by atoms with E-state index >= 15 is 0 Å². The second-order valence-electron chi connectivity index (χ2n) is 8.55. The first-order chi connectivity index (χ1) is 14.8. The topological polar surface area (TPSA) is 9.23 Å². The molecule has 0 aromatic heterocycles. The van der Waals surface area contributed by atoms with E-state index < -0.39 is 0 Å². The van der Waals surface area contributed by atoms with Crippen LogP contribution in [0.2, 0.25) is 0 Å². The van der Waals surface area contributed by atoms with Crippen molar-refractivity contribution < 1.29 is 4.74 Å². The first-order valence-electron chi connectivity index (χ1n) is 10.7. The van der Waals surface area contributed by atoms with Gasteiger partial charge in [-0.1, -0.05) is 0 Å². The Bertz CT molecular complexity index is 1100. The Kier molecular flexibility index (Phi) is 6.91. The van der Waals surface area contributed by atoms with Gasteiger partial charge in [-0.15, -0.1) is 0 Å². The monoisotopic (exact) mass is 542 g/mol. The quantitative estimate of drug-likeness (QED) is 0.420. The van der Waals surface area contributed by atoms with Crippen LogP contribution in [0.4, 0.5) is 0 Å². The van der Waals surface area contributed by atoms with Crippen molar-refractivity contribution >= 4 is 38.8 Å². The number of rotatable bonds is 5. The summed E-state index contributed by atoms with van der Waals surface area (Å²) in [4.78, 5) is 0. The molecule has 1 heterocycles. The molecule has 0 radical (unpaired) electrons. The Morgan fingerprint density at radius 1 is 0.677 bits per heavy atom. The predicted octanol–water partition coefficient (Wildman–Crippen LogP) is 4.88. The third kappa shape index (κ3) is 4.92. The van der Waals surface area contributed by atoms with E-state index in [9.17, 15) is 0 Å². The van der Waals surface area contributed by atoms with Crippen molar-refractivity contribution in [1.29, 1.82) is 0 Å². The number of hydrogen-bond acceptors (Lipinski definition) is 1. The molecular formula is C28H30OSe2. The molecule has 0 bridgehead atoms. The van der Waals surface area contributed by atoms with Gasteiger partial charge in [0.15, 0.2) is 0 Å². The summed E-state index contributed by atoms with van der Waals surface area (Å²) in [6, 6.07) is 20.1. The normalized spacial score (nSPS) is 16.3. The van der Waals surface area contributed by atoms with E-state index in [0.29, 0.717) is 0 Å². The van der Waals surface area contributed by atoms with E-state index in [1.54, 1.807) is 0 Å². The standard InChI is InChI=1S/C28H30OSe2/c1-17-12-19(3)26(20(4)13-17)30-24-16-29-25(23-10-8-7-9-11-23)28(24)31-27-21(5)14-18(2)15-22(27)6/h7-15,25H,16H2,1-6H3. The minimum absolute atomic E-state index is 0.0873. The Labute approximate surface area is 199 Å². The first-order valence-corrected chi connectivity index (χ1v) is 14.2. The molecule has 0 saturated carbocycles. The van der Waals surface area contributed by atoms with E-state index in [1.807, 2.05) is 0 Å². The van der Waals surface area contributed by atoms with E-state index in [1.165, 1.54) is 56.8 Å². The Morgan fingerprint density at radius 3 is 1.68 bits per heavy atom. The number of aryl methyl sites for hydroxylation is 6. The van der Waals surface area contributed by atoms with Gasteiger partial charge in [0.25, 0.3) is 0 Å². The molecule has 1 atom stereocenters. The van der Waals surface area contributed by atoms with Crippen molar-refractivity contribution in [3.05, 3.63) is 102 Å². The van der Waals surface area contributed by atoms with Gasteiger partial charge in [0.1, 0.15) is 0 Å². The summed E-state index contributed by atoms with van der Waals surface area (Å²) in [5, 5.41) is 0. The zero-order valence-electron chi connectivity index (χ0n) is 19.2. The van der Waals surface area contributed by atoms with Crippen molar-refractivity contribution in [1.82, 2.24) is 0 Å². The Morgan fingerprint density at radius 2 is 1.16 bits per heavy atom. The van der Waals surface area contributed by atoms with Gasteiger partial charge in [0.05, 0.1) is 0 Å². The molecule has 160 valence electrons. The Hall–Kier alpha value is -1.60. The maximum absolute atomic E-state index is 6.47. The third-order valence-electron chi connectivity index (χ3n) is 5.64. The fourth-order valence-corrected chi connectivity index (χ4v) is 9.86. The number of ether oxygens (including phenoxy) is 1. The molecule has 0 amide bonds. The molecule has 0 N–H and O–H groups in total. The van der Waals surface area contributed by atoms with Crippen molar-refractivity contribution in [2.45, 2.75) is 47.6 Å². The summed E-state index contributed by atoms with van der Waals surface area (Å²) in [5.74, 6) is 0. The molecule has 3 heteroatoms. The second kappa shape index (κ2) is 9.49. The molecule has 31 heavy (non-hydrogen) atoms. The summed E-state index contributed by atoms with van der Waals surface area (Å²) in [6.07, 6.45) is 0.0873. The molecular weight excluding hydrogens is 510 g/mol. The van der Waals surface area contributed by atoms with Crippen molar-refractivity contribution in [2.75, 3.05) is 6.61 Å². The molecule has 1 unspecified atom stereocenters. The summed E-state index contributed by atoms with van der Waals surface area (Å²) in [6.45, 7) is 14.2. The molecule has 4 rings (SSSR count). The van der Waals surface area contributed by atoms with Gasteiger partial charge >= 0.3 is 200 Å². The maximum atomic E-state index is 6.47. The Balaban J connectivity index is 1.79. The van der Waals surface area contributed by atoms with Gasteiger partial charge in [-0.3, -0.25) is 0 Å². The molecule has 0 saturated heterocycles. The van der Waals surface area contributed by atoms with E-state index in [2.05, 4.69) is 96.1 Å². The number of hydrogen-bond donors (Lipinski definition) is 0. The molecule has 0 aliphatic carbocycles. The average Bonchev–Trinajstić information content (AvgIpc) is 3.10. The van der Waals surface area contributed by atoms with Crippen LogP contribution < -0.4 is 8.92 Å². The number of benzene rings is 3. The summed E-state index contributed by atoms with van der Waals surface area (Å²) < 4.78 is 12.6. The van der Waals surface area contributed by atoms with E-state index in [-0.39, 0.29) is 36.0 Å². The van der Waals surface area contributed by atoms with Gasteiger partial charge in [-0.2, -0.15) is 0 Å². The molecule has 0 fully saturated rings. The minimum atomic E-state index is 0.0873. The van der Waals surface area contributed by atoms with Crippen molar-refractivity contribution in [3.63, 3.8) is 0 Å². The molecule has 0 spiro atoms. The summed E-state index contributed by atoms with van der Waals surface area (Å²) in [7, 11) is 0. The van der Waals surface area contributed by atoms with Crippen LogP contribution in [0, 0.1) is 41.5 Å². The zero-order chi connectivity index (χ0) is 22.1. The molecule has 3 aromatic carbocycles. The van der Waals surface area contributed by atoms with Crippen LogP contribution in [-0.4, -0.2) is 36.5 Å². The predicted molar refractivity (Wildman–Crippen MR) is 134 cm³/mol. The van der Waals surface area contributed by atoms with Crippen LogP contribution in [-0.2, 0) is 4.74 Å². The molecule has 1 aliphatic heterocycles. The second-order valence-corrected chi connectivity index (χ2v) is 13.1. The van der Waals surface area contributed by atoms with Gasteiger partial charge in [0.2, 0.25) is 0 Å². The zero-order valence-corrected chi connectivity index (χ0v) is 22.6.